The van der Waals surface area contributed by atoms with E-state index in [2.05, 4.69) is 15.5 Å². The van der Waals surface area contributed by atoms with Crippen LogP contribution in [0.1, 0.15) is 5.69 Å². The van der Waals surface area contributed by atoms with Gasteiger partial charge in [-0.05, 0) is 12.1 Å². The minimum absolute atomic E-state index is 0.000482. The molecule has 1 aromatic heterocycles. The summed E-state index contributed by atoms with van der Waals surface area (Å²) >= 11 is 0. The lowest BCUT2D eigenvalue weighted by molar-refractivity contribution is -0.119. The van der Waals surface area contributed by atoms with E-state index in [9.17, 15) is 9.59 Å². The number of imide groups is 1. The number of rotatable bonds is 4. The van der Waals surface area contributed by atoms with Gasteiger partial charge in [-0.1, -0.05) is 0 Å². The van der Waals surface area contributed by atoms with Crippen molar-refractivity contribution in [1.82, 2.24) is 20.8 Å². The van der Waals surface area contributed by atoms with Crippen LogP contribution in [0.5, 0.6) is 0 Å². The van der Waals surface area contributed by atoms with E-state index in [4.69, 9.17) is 5.73 Å². The van der Waals surface area contributed by atoms with Gasteiger partial charge in [0.05, 0.1) is 12.2 Å². The van der Waals surface area contributed by atoms with Crippen molar-refractivity contribution in [3.63, 3.8) is 0 Å². The molecule has 1 rings (SSSR count). The fourth-order valence-electron chi connectivity index (χ4n) is 0.913. The van der Waals surface area contributed by atoms with Crippen molar-refractivity contribution in [2.75, 3.05) is 6.54 Å². The molecule has 0 aliphatic carbocycles. The largest absolute Gasteiger partial charge is 0.351 e. The highest BCUT2D eigenvalue weighted by atomic mass is 16.2. The van der Waals surface area contributed by atoms with Gasteiger partial charge >= 0.3 is 6.03 Å². The van der Waals surface area contributed by atoms with Gasteiger partial charge in [0.15, 0.2) is 0 Å². The average molecular weight is 209 g/mol. The van der Waals surface area contributed by atoms with Crippen LogP contribution in [0, 0.1) is 0 Å². The molecule has 0 aromatic carbocycles. The summed E-state index contributed by atoms with van der Waals surface area (Å²) in [7, 11) is 0. The Labute approximate surface area is 86.1 Å². The lowest BCUT2D eigenvalue weighted by Gasteiger charge is -2.02. The van der Waals surface area contributed by atoms with Crippen LogP contribution in [0.3, 0.4) is 0 Å². The molecule has 0 fully saturated rings. The van der Waals surface area contributed by atoms with Crippen molar-refractivity contribution >= 4 is 11.9 Å². The summed E-state index contributed by atoms with van der Waals surface area (Å²) in [6.45, 7) is 0.402. The zero-order valence-electron chi connectivity index (χ0n) is 7.93. The molecule has 7 heteroatoms. The Morgan fingerprint density at radius 3 is 2.87 bits per heavy atom. The Balaban J connectivity index is 2.22. The van der Waals surface area contributed by atoms with Crippen molar-refractivity contribution in [3.8, 4) is 0 Å². The second-order valence-corrected chi connectivity index (χ2v) is 2.73. The number of nitrogens with zero attached hydrogens (tertiary/aromatic N) is 2. The van der Waals surface area contributed by atoms with Gasteiger partial charge in [-0.25, -0.2) is 4.79 Å². The Morgan fingerprint density at radius 1 is 1.47 bits per heavy atom. The van der Waals surface area contributed by atoms with Crippen LogP contribution in [-0.4, -0.2) is 28.7 Å². The van der Waals surface area contributed by atoms with Gasteiger partial charge in [-0.3, -0.25) is 10.1 Å². The van der Waals surface area contributed by atoms with Crippen molar-refractivity contribution < 1.29 is 9.59 Å². The molecule has 80 valence electrons. The van der Waals surface area contributed by atoms with Crippen LogP contribution >= 0.6 is 0 Å². The molecule has 3 amide bonds. The maximum absolute atomic E-state index is 10.9. The normalized spacial score (nSPS) is 9.60. The highest BCUT2D eigenvalue weighted by Gasteiger charge is 2.02. The average Bonchev–Trinajstić information content (AvgIpc) is 2.18. The Morgan fingerprint density at radius 2 is 2.27 bits per heavy atom. The SMILES string of the molecule is NC(=O)NC(=O)CNCc1cccnn1. The summed E-state index contributed by atoms with van der Waals surface area (Å²) in [6.07, 6.45) is 1.56. The molecular formula is C8H11N5O2. The smallest absolute Gasteiger partial charge is 0.318 e. The standard InChI is InChI=1S/C8H11N5O2/c9-8(15)12-7(14)5-10-4-6-2-1-3-11-13-6/h1-3,10H,4-5H2,(H3,9,12,14,15). The van der Waals surface area contributed by atoms with Crippen molar-refractivity contribution in [2.24, 2.45) is 5.73 Å². The number of primary amides is 1. The number of urea groups is 1. The van der Waals surface area contributed by atoms with Gasteiger partial charge in [0, 0.05) is 12.7 Å². The fourth-order valence-corrected chi connectivity index (χ4v) is 0.913. The number of hydrogen-bond acceptors (Lipinski definition) is 5. The molecule has 0 aliphatic heterocycles. The van der Waals surface area contributed by atoms with Crippen LogP contribution in [0.15, 0.2) is 18.3 Å². The maximum atomic E-state index is 10.9. The summed E-state index contributed by atoms with van der Waals surface area (Å²) in [6, 6.07) is 2.65. The summed E-state index contributed by atoms with van der Waals surface area (Å²) in [5, 5.41) is 12.2. The molecule has 0 bridgehead atoms. The first-order valence-corrected chi connectivity index (χ1v) is 4.25. The maximum Gasteiger partial charge on any atom is 0.318 e. The summed E-state index contributed by atoms with van der Waals surface area (Å²) in [5.41, 5.74) is 5.47. The van der Waals surface area contributed by atoms with Gasteiger partial charge in [0.2, 0.25) is 5.91 Å². The molecule has 1 aromatic rings. The monoisotopic (exact) mass is 209 g/mol. The highest BCUT2D eigenvalue weighted by molar-refractivity contribution is 5.94. The molecule has 0 unspecified atom stereocenters. The van der Waals surface area contributed by atoms with E-state index in [0.717, 1.165) is 0 Å². The van der Waals surface area contributed by atoms with E-state index < -0.39 is 11.9 Å². The van der Waals surface area contributed by atoms with E-state index in [0.29, 0.717) is 12.2 Å². The van der Waals surface area contributed by atoms with Gasteiger partial charge < -0.3 is 11.1 Å². The zero-order valence-corrected chi connectivity index (χ0v) is 7.93. The molecular weight excluding hydrogens is 198 g/mol. The third-order valence-electron chi connectivity index (χ3n) is 1.48. The molecule has 4 N–H and O–H groups in total. The number of nitrogens with one attached hydrogen (secondary N) is 2. The Kier molecular flexibility index (Phi) is 4.17. The Hall–Kier alpha value is -2.02. The van der Waals surface area contributed by atoms with Crippen LogP contribution in [0.4, 0.5) is 4.79 Å². The number of carbonyl (C=O) groups is 2. The third kappa shape index (κ3) is 4.67. The molecule has 0 saturated heterocycles. The van der Waals surface area contributed by atoms with Crippen LogP contribution in [-0.2, 0) is 11.3 Å². The topological polar surface area (TPSA) is 110 Å². The van der Waals surface area contributed by atoms with E-state index in [1.54, 1.807) is 18.3 Å². The minimum Gasteiger partial charge on any atom is -0.351 e. The summed E-state index contributed by atoms with van der Waals surface area (Å²) in [5.74, 6) is -0.480. The molecule has 0 radical (unpaired) electrons. The molecule has 0 atom stereocenters. The molecule has 0 aliphatic rings. The quantitative estimate of drug-likeness (QED) is 0.574. The first-order chi connectivity index (χ1) is 7.18. The van der Waals surface area contributed by atoms with Gasteiger partial charge in [-0.2, -0.15) is 10.2 Å². The van der Waals surface area contributed by atoms with E-state index in [1.807, 2.05) is 5.32 Å². The van der Waals surface area contributed by atoms with Crippen molar-refractivity contribution in [2.45, 2.75) is 6.54 Å². The summed E-state index contributed by atoms with van der Waals surface area (Å²) < 4.78 is 0. The zero-order chi connectivity index (χ0) is 11.1. The summed E-state index contributed by atoms with van der Waals surface area (Å²) in [4.78, 5) is 21.2. The van der Waals surface area contributed by atoms with E-state index in [-0.39, 0.29) is 6.54 Å². The molecule has 1 heterocycles. The van der Waals surface area contributed by atoms with Crippen molar-refractivity contribution in [3.05, 3.63) is 24.0 Å². The second-order valence-electron chi connectivity index (χ2n) is 2.73. The number of aromatic nitrogens is 2. The molecule has 0 spiro atoms. The van der Waals surface area contributed by atoms with Crippen LogP contribution in [0.25, 0.3) is 0 Å². The lowest BCUT2D eigenvalue weighted by atomic mass is 10.4. The predicted octanol–water partition coefficient (Wildman–Crippen LogP) is -1.24. The lowest BCUT2D eigenvalue weighted by Crippen LogP contribution is -2.40. The van der Waals surface area contributed by atoms with E-state index >= 15 is 0 Å². The third-order valence-corrected chi connectivity index (χ3v) is 1.48. The first-order valence-electron chi connectivity index (χ1n) is 4.25. The fraction of sp³-hybridized carbons (Fsp3) is 0.250. The van der Waals surface area contributed by atoms with Crippen LogP contribution in [0.2, 0.25) is 0 Å². The van der Waals surface area contributed by atoms with Gasteiger partial charge in [0.1, 0.15) is 0 Å². The molecule has 7 nitrogen and oxygen atoms in total. The second kappa shape index (κ2) is 5.66. The number of amides is 3. The number of nitrogens with two attached hydrogens (primary N) is 1. The Bertz CT molecular complexity index is 340. The number of carbonyl (C=O) groups excluding carboxylic acids is 2. The molecule has 15 heavy (non-hydrogen) atoms. The predicted molar refractivity (Wildman–Crippen MR) is 51.5 cm³/mol. The minimum atomic E-state index is -0.860. The van der Waals surface area contributed by atoms with Crippen LogP contribution < -0.4 is 16.4 Å². The highest BCUT2D eigenvalue weighted by Crippen LogP contribution is 1.88. The molecule has 0 saturated carbocycles. The first kappa shape index (κ1) is 11.1. The number of hydrogen-bond donors (Lipinski definition) is 3. The van der Waals surface area contributed by atoms with Gasteiger partial charge in [-0.15, -0.1) is 0 Å². The van der Waals surface area contributed by atoms with E-state index in [1.165, 1.54) is 0 Å². The van der Waals surface area contributed by atoms with Gasteiger partial charge in [0.25, 0.3) is 0 Å². The van der Waals surface area contributed by atoms with Crippen molar-refractivity contribution in [1.29, 1.82) is 0 Å².